The van der Waals surface area contributed by atoms with Crippen molar-refractivity contribution in [1.29, 1.82) is 0 Å². The lowest BCUT2D eigenvalue weighted by atomic mass is 9.82. The van der Waals surface area contributed by atoms with Gasteiger partial charge < -0.3 is 4.57 Å². The molecule has 0 atom stereocenters. The molecule has 12 rings (SSSR count). The molecule has 0 fully saturated rings. The van der Waals surface area contributed by atoms with E-state index in [4.69, 9.17) is 0 Å². The van der Waals surface area contributed by atoms with E-state index in [1.165, 1.54) is 105 Å². The number of nitrogens with zero attached hydrogens (tertiary/aromatic N) is 2. The van der Waals surface area contributed by atoms with Crippen LogP contribution in [-0.4, -0.2) is 10.8 Å². The Morgan fingerprint density at radius 3 is 1.74 bits per heavy atom. The van der Waals surface area contributed by atoms with E-state index in [1.54, 1.807) is 0 Å². The van der Waals surface area contributed by atoms with E-state index >= 15 is 0 Å². The Morgan fingerprint density at radius 2 is 1.05 bits per heavy atom. The highest BCUT2D eigenvalue weighted by Gasteiger charge is 2.31. The Bertz CT molecular complexity index is 3280. The molecule has 1 aromatic heterocycles. The van der Waals surface area contributed by atoms with Crippen molar-refractivity contribution in [3.8, 4) is 72.4 Å². The van der Waals surface area contributed by atoms with Crippen LogP contribution in [-0.2, 0) is 6.42 Å². The minimum atomic E-state index is 0.976. The average Bonchev–Trinajstić information content (AvgIpc) is 3.86. The molecule has 0 spiro atoms. The zero-order valence-electron chi connectivity index (χ0n) is 33.6. The monoisotopic (exact) mass is 776 g/mol. The van der Waals surface area contributed by atoms with E-state index in [9.17, 15) is 0 Å². The van der Waals surface area contributed by atoms with Gasteiger partial charge >= 0.3 is 0 Å². The van der Waals surface area contributed by atoms with Crippen LogP contribution in [0.4, 0.5) is 0 Å². The van der Waals surface area contributed by atoms with E-state index in [1.807, 2.05) is 18.5 Å². The first-order valence-electron chi connectivity index (χ1n) is 21.2. The first-order chi connectivity index (χ1) is 30.2. The Kier molecular flexibility index (Phi) is 8.18. The molecule has 3 aliphatic rings. The van der Waals surface area contributed by atoms with E-state index in [0.717, 1.165) is 29.8 Å². The molecule has 61 heavy (non-hydrogen) atoms. The van der Waals surface area contributed by atoms with Gasteiger partial charge in [-0.1, -0.05) is 176 Å². The van der Waals surface area contributed by atoms with Crippen molar-refractivity contribution in [2.24, 2.45) is 4.99 Å². The molecule has 0 radical (unpaired) electrons. The van der Waals surface area contributed by atoms with Gasteiger partial charge in [-0.2, -0.15) is 0 Å². The molecule has 0 saturated carbocycles. The second-order valence-electron chi connectivity index (χ2n) is 16.2. The van der Waals surface area contributed by atoms with Gasteiger partial charge in [-0.15, -0.1) is 0 Å². The number of aromatic nitrogens is 1. The summed E-state index contributed by atoms with van der Waals surface area (Å²) in [5, 5.41) is 5.16. The number of allylic oxidation sites excluding steroid dienone is 4. The number of hydrogen-bond donors (Lipinski definition) is 0. The maximum Gasteiger partial charge on any atom is 0.0604 e. The van der Waals surface area contributed by atoms with Crippen LogP contribution in [0.1, 0.15) is 28.9 Å². The molecule has 286 valence electrons. The fourth-order valence-electron chi connectivity index (χ4n) is 10.2. The number of fused-ring (bicyclic) bond motifs is 7. The van der Waals surface area contributed by atoms with Gasteiger partial charge in [0, 0.05) is 34.9 Å². The quantitative estimate of drug-likeness (QED) is 0.166. The maximum absolute atomic E-state index is 4.49. The summed E-state index contributed by atoms with van der Waals surface area (Å²) < 4.78 is 2.41. The van der Waals surface area contributed by atoms with Gasteiger partial charge in [0.05, 0.1) is 5.69 Å². The van der Waals surface area contributed by atoms with Gasteiger partial charge in [0.25, 0.3) is 0 Å². The van der Waals surface area contributed by atoms with Crippen molar-refractivity contribution in [3.05, 3.63) is 217 Å². The van der Waals surface area contributed by atoms with Crippen molar-refractivity contribution in [1.82, 2.24) is 4.57 Å². The number of benzene rings is 8. The second-order valence-corrected chi connectivity index (χ2v) is 16.2. The number of rotatable bonds is 5. The van der Waals surface area contributed by atoms with Gasteiger partial charge in [0.1, 0.15) is 0 Å². The first-order valence-corrected chi connectivity index (χ1v) is 21.2. The molecule has 0 N–H and O–H groups in total. The van der Waals surface area contributed by atoms with Crippen molar-refractivity contribution in [3.63, 3.8) is 0 Å². The van der Waals surface area contributed by atoms with Crippen LogP contribution in [0.15, 0.2) is 200 Å². The smallest absolute Gasteiger partial charge is 0.0604 e. The highest BCUT2D eigenvalue weighted by molar-refractivity contribution is 6.28. The molecule has 8 aromatic carbocycles. The van der Waals surface area contributed by atoms with Gasteiger partial charge in [-0.05, 0) is 131 Å². The van der Waals surface area contributed by atoms with Crippen LogP contribution in [0.5, 0.6) is 0 Å². The molecular formula is C59H40N2. The van der Waals surface area contributed by atoms with Crippen LogP contribution >= 0.6 is 0 Å². The van der Waals surface area contributed by atoms with E-state index < -0.39 is 0 Å². The summed E-state index contributed by atoms with van der Waals surface area (Å²) in [6, 6.07) is 60.6. The SMILES string of the molecule is C=C1\C=C/C=N\C=C/c2c3c(n(-c4ccc(-c5ccc(-c6ccc7c8c(cccc68)-c6c-7c(-c7ccccc7)c7ccccc7c6-c6ccccc6)cc5)cc4)c21)CCC=C3. The maximum atomic E-state index is 4.49. The normalized spacial score (nSPS) is 15.1. The van der Waals surface area contributed by atoms with Gasteiger partial charge in [-0.3, -0.25) is 4.99 Å². The summed E-state index contributed by atoms with van der Waals surface area (Å²) in [6.45, 7) is 4.49. The summed E-state index contributed by atoms with van der Waals surface area (Å²) in [7, 11) is 0. The number of aliphatic imine (C=N–C) groups is 1. The fourth-order valence-corrected chi connectivity index (χ4v) is 10.2. The third-order valence-electron chi connectivity index (χ3n) is 12.9. The minimum absolute atomic E-state index is 0.976. The predicted octanol–water partition coefficient (Wildman–Crippen LogP) is 15.7. The Hall–Kier alpha value is -7.81. The summed E-state index contributed by atoms with van der Waals surface area (Å²) in [4.78, 5) is 4.43. The summed E-state index contributed by atoms with van der Waals surface area (Å²) in [5.41, 5.74) is 22.2. The molecule has 1 aliphatic heterocycles. The van der Waals surface area contributed by atoms with Crippen molar-refractivity contribution in [2.45, 2.75) is 12.8 Å². The van der Waals surface area contributed by atoms with Gasteiger partial charge in [0.15, 0.2) is 0 Å². The van der Waals surface area contributed by atoms with Crippen LogP contribution in [0.2, 0.25) is 0 Å². The van der Waals surface area contributed by atoms with Gasteiger partial charge in [0.2, 0.25) is 0 Å². The Morgan fingerprint density at radius 1 is 0.459 bits per heavy atom. The van der Waals surface area contributed by atoms with Crippen LogP contribution in [0, 0.1) is 0 Å². The second kappa shape index (κ2) is 14.2. The zero-order chi connectivity index (χ0) is 40.4. The molecule has 2 heteroatoms. The first kappa shape index (κ1) is 35.2. The lowest BCUT2D eigenvalue weighted by molar-refractivity contribution is 0.868. The third-order valence-corrected chi connectivity index (χ3v) is 12.9. The molecule has 2 nitrogen and oxygen atoms in total. The molecule has 2 heterocycles. The lowest BCUT2D eigenvalue weighted by Gasteiger charge is -2.20. The molecule has 0 bridgehead atoms. The van der Waals surface area contributed by atoms with Gasteiger partial charge in [-0.25, -0.2) is 0 Å². The highest BCUT2D eigenvalue weighted by Crippen LogP contribution is 2.58. The summed E-state index contributed by atoms with van der Waals surface area (Å²) in [6.07, 6.45) is 16.4. The largest absolute Gasteiger partial charge is 0.312 e. The summed E-state index contributed by atoms with van der Waals surface area (Å²) in [5.74, 6) is 0. The van der Waals surface area contributed by atoms with E-state index in [-0.39, 0.29) is 0 Å². The Balaban J connectivity index is 0.959. The fraction of sp³-hybridized carbons (Fsp3) is 0.0339. The molecule has 0 amide bonds. The minimum Gasteiger partial charge on any atom is -0.312 e. The highest BCUT2D eigenvalue weighted by atomic mass is 15.0. The van der Waals surface area contributed by atoms with Crippen molar-refractivity contribution >= 4 is 45.5 Å². The van der Waals surface area contributed by atoms with Crippen molar-refractivity contribution in [2.75, 3.05) is 0 Å². The molecule has 9 aromatic rings. The molecular weight excluding hydrogens is 737 g/mol. The van der Waals surface area contributed by atoms with Crippen LogP contribution < -0.4 is 0 Å². The van der Waals surface area contributed by atoms with E-state index in [2.05, 4.69) is 204 Å². The van der Waals surface area contributed by atoms with Crippen LogP contribution in [0.25, 0.3) is 112 Å². The van der Waals surface area contributed by atoms with Crippen LogP contribution in [0.3, 0.4) is 0 Å². The molecule has 0 unspecified atom stereocenters. The third kappa shape index (κ3) is 5.53. The van der Waals surface area contributed by atoms with Crippen molar-refractivity contribution < 1.29 is 0 Å². The molecule has 0 saturated heterocycles. The average molecular weight is 777 g/mol. The zero-order valence-corrected chi connectivity index (χ0v) is 33.6. The lowest BCUT2D eigenvalue weighted by Crippen LogP contribution is -2.05. The predicted molar refractivity (Wildman–Crippen MR) is 260 cm³/mol. The Labute approximate surface area is 356 Å². The standard InChI is InChI=1S/C59H40N2/c1-38-14-13-36-60-37-35-50-46-19-10-11-24-53(46)61(59(38)50)44-31-29-40(30-32-44)39-25-27-41(28-26-39)45-33-34-52-56-47(45)22-12-23-51(56)57-54(42-15-4-2-5-16-42)48-20-8-9-21-49(48)55(58(52)57)43-17-6-3-7-18-43/h2-10,12-23,25-37H,1,11,24H2/b14-13-,37-35-,60-36-. The number of hydrogen-bond acceptors (Lipinski definition) is 1. The molecule has 2 aliphatic carbocycles. The van der Waals surface area contributed by atoms with E-state index in [0.29, 0.717) is 0 Å². The summed E-state index contributed by atoms with van der Waals surface area (Å²) >= 11 is 0. The topological polar surface area (TPSA) is 17.3 Å².